The summed E-state index contributed by atoms with van der Waals surface area (Å²) < 4.78 is 26.6. The maximum atomic E-state index is 12.1. The number of amidine groups is 1. The fourth-order valence-electron chi connectivity index (χ4n) is 3.28. The fourth-order valence-corrected chi connectivity index (χ4v) is 4.53. The quantitative estimate of drug-likeness (QED) is 0.641. The molecule has 0 atom stereocenters. The molecular formula is C22H28N4O3S. The van der Waals surface area contributed by atoms with Crippen molar-refractivity contribution in [1.82, 2.24) is 14.9 Å². The molecule has 0 saturated heterocycles. The van der Waals surface area contributed by atoms with Crippen molar-refractivity contribution >= 4 is 21.8 Å². The molecule has 1 amide bonds. The van der Waals surface area contributed by atoms with E-state index >= 15 is 0 Å². The van der Waals surface area contributed by atoms with Crippen LogP contribution in [0.25, 0.3) is 0 Å². The van der Waals surface area contributed by atoms with Gasteiger partial charge in [-0.25, -0.2) is 8.42 Å². The summed E-state index contributed by atoms with van der Waals surface area (Å²) in [6.07, 6.45) is 0.188. The SMILES string of the molecule is CCN(CC)Cc1ccc(CNC(=O)CCN=C2NS(=O)(=O)c3ccccc32)cc1. The van der Waals surface area contributed by atoms with Gasteiger partial charge in [0.1, 0.15) is 5.84 Å². The third kappa shape index (κ3) is 5.46. The first-order chi connectivity index (χ1) is 14.4. The van der Waals surface area contributed by atoms with Gasteiger partial charge < -0.3 is 5.32 Å². The third-order valence-corrected chi connectivity index (χ3v) is 6.48. The second kappa shape index (κ2) is 9.86. The summed E-state index contributed by atoms with van der Waals surface area (Å²) >= 11 is 0. The Morgan fingerprint density at radius 2 is 1.70 bits per heavy atom. The monoisotopic (exact) mass is 428 g/mol. The Bertz CT molecular complexity index is 1010. The third-order valence-electron chi connectivity index (χ3n) is 5.08. The number of aliphatic imine (C=N–C) groups is 1. The number of carbonyl (C=O) groups excluding carboxylic acids is 1. The van der Waals surface area contributed by atoms with Gasteiger partial charge in [0.25, 0.3) is 10.0 Å². The van der Waals surface area contributed by atoms with E-state index < -0.39 is 10.0 Å². The number of amides is 1. The van der Waals surface area contributed by atoms with Gasteiger partial charge in [0, 0.05) is 25.1 Å². The first kappa shape index (κ1) is 22.0. The molecule has 1 aliphatic rings. The molecule has 1 aliphatic heterocycles. The van der Waals surface area contributed by atoms with Crippen LogP contribution in [0.4, 0.5) is 0 Å². The van der Waals surface area contributed by atoms with Gasteiger partial charge in [-0.05, 0) is 36.3 Å². The number of sulfonamides is 1. The van der Waals surface area contributed by atoms with Gasteiger partial charge in [-0.3, -0.25) is 19.4 Å². The van der Waals surface area contributed by atoms with Crippen LogP contribution in [0.2, 0.25) is 0 Å². The maximum Gasteiger partial charge on any atom is 0.263 e. The van der Waals surface area contributed by atoms with Gasteiger partial charge in [-0.2, -0.15) is 0 Å². The lowest BCUT2D eigenvalue weighted by atomic mass is 10.1. The largest absolute Gasteiger partial charge is 0.352 e. The second-order valence-corrected chi connectivity index (χ2v) is 8.79. The van der Waals surface area contributed by atoms with Gasteiger partial charge in [0.2, 0.25) is 5.91 Å². The summed E-state index contributed by atoms with van der Waals surface area (Å²) in [6.45, 7) is 7.93. The van der Waals surface area contributed by atoms with Crippen molar-refractivity contribution in [2.45, 2.75) is 38.3 Å². The first-order valence-corrected chi connectivity index (χ1v) is 11.6. The molecule has 0 radical (unpaired) electrons. The number of fused-ring (bicyclic) bond motifs is 1. The van der Waals surface area contributed by atoms with E-state index in [9.17, 15) is 13.2 Å². The summed E-state index contributed by atoms with van der Waals surface area (Å²) in [4.78, 5) is 19.0. The molecule has 2 aromatic carbocycles. The van der Waals surface area contributed by atoms with Crippen LogP contribution in [-0.4, -0.2) is 44.7 Å². The highest BCUT2D eigenvalue weighted by molar-refractivity contribution is 7.90. The molecule has 8 heteroatoms. The highest BCUT2D eigenvalue weighted by Gasteiger charge is 2.29. The minimum atomic E-state index is -3.55. The van der Waals surface area contributed by atoms with E-state index in [1.807, 2.05) is 12.1 Å². The Kier molecular flexibility index (Phi) is 7.23. The molecule has 0 aliphatic carbocycles. The van der Waals surface area contributed by atoms with Crippen LogP contribution in [0.15, 0.2) is 58.4 Å². The van der Waals surface area contributed by atoms with Crippen molar-refractivity contribution in [3.63, 3.8) is 0 Å². The molecule has 0 bridgehead atoms. The van der Waals surface area contributed by atoms with Gasteiger partial charge in [-0.15, -0.1) is 0 Å². The molecule has 160 valence electrons. The van der Waals surface area contributed by atoms with Crippen molar-refractivity contribution in [3.05, 3.63) is 65.2 Å². The molecular weight excluding hydrogens is 400 g/mol. The zero-order chi connectivity index (χ0) is 21.6. The van der Waals surface area contributed by atoms with Crippen molar-refractivity contribution in [1.29, 1.82) is 0 Å². The number of rotatable bonds is 9. The smallest absolute Gasteiger partial charge is 0.263 e. The lowest BCUT2D eigenvalue weighted by molar-refractivity contribution is -0.121. The number of hydrogen-bond acceptors (Lipinski definition) is 5. The lowest BCUT2D eigenvalue weighted by Crippen LogP contribution is -2.25. The Morgan fingerprint density at radius 1 is 1.03 bits per heavy atom. The minimum Gasteiger partial charge on any atom is -0.352 e. The lowest BCUT2D eigenvalue weighted by Gasteiger charge is -2.18. The topological polar surface area (TPSA) is 90.9 Å². The molecule has 0 unspecified atom stereocenters. The number of carbonyl (C=O) groups is 1. The average Bonchev–Trinajstić information content (AvgIpc) is 3.02. The highest BCUT2D eigenvalue weighted by Crippen LogP contribution is 2.22. The zero-order valence-corrected chi connectivity index (χ0v) is 18.2. The van der Waals surface area contributed by atoms with Crippen LogP contribution in [0.3, 0.4) is 0 Å². The molecule has 7 nitrogen and oxygen atoms in total. The zero-order valence-electron chi connectivity index (χ0n) is 17.4. The Morgan fingerprint density at radius 3 is 2.40 bits per heavy atom. The number of hydrogen-bond donors (Lipinski definition) is 2. The standard InChI is InChI=1S/C22H28N4O3S/c1-3-26(4-2)16-18-11-9-17(10-12-18)15-24-21(27)13-14-23-22-19-7-5-6-8-20(19)30(28,29)25-22/h5-12H,3-4,13-16H2,1-2H3,(H,23,25)(H,24,27). The van der Waals surface area contributed by atoms with Crippen LogP contribution in [0.5, 0.6) is 0 Å². The number of nitrogens with zero attached hydrogens (tertiary/aromatic N) is 2. The van der Waals surface area contributed by atoms with E-state index in [0.717, 1.165) is 25.2 Å². The average molecular weight is 429 g/mol. The maximum absolute atomic E-state index is 12.1. The van der Waals surface area contributed by atoms with Crippen LogP contribution in [0.1, 0.15) is 37.0 Å². The van der Waals surface area contributed by atoms with Crippen molar-refractivity contribution in [3.8, 4) is 0 Å². The van der Waals surface area contributed by atoms with Gasteiger partial charge in [0.05, 0.1) is 11.4 Å². The van der Waals surface area contributed by atoms with E-state index in [0.29, 0.717) is 17.9 Å². The summed E-state index contributed by atoms with van der Waals surface area (Å²) in [5.41, 5.74) is 2.84. The Balaban J connectivity index is 1.47. The van der Waals surface area contributed by atoms with Gasteiger partial charge in [0.15, 0.2) is 0 Å². The summed E-state index contributed by atoms with van der Waals surface area (Å²) in [7, 11) is -3.55. The summed E-state index contributed by atoms with van der Waals surface area (Å²) in [5, 5.41) is 2.89. The molecule has 2 aromatic rings. The first-order valence-electron chi connectivity index (χ1n) is 10.2. The fraction of sp³-hybridized carbons (Fsp3) is 0.364. The van der Waals surface area contributed by atoms with Crippen molar-refractivity contribution < 1.29 is 13.2 Å². The van der Waals surface area contributed by atoms with Crippen molar-refractivity contribution in [2.75, 3.05) is 19.6 Å². The van der Waals surface area contributed by atoms with Crippen molar-refractivity contribution in [2.24, 2.45) is 4.99 Å². The predicted molar refractivity (Wildman–Crippen MR) is 118 cm³/mol. The molecule has 0 aromatic heterocycles. The van der Waals surface area contributed by atoms with E-state index in [1.54, 1.807) is 24.3 Å². The normalized spacial score (nSPS) is 15.8. The summed E-state index contributed by atoms with van der Waals surface area (Å²) in [6, 6.07) is 14.9. The second-order valence-electron chi connectivity index (χ2n) is 7.14. The van der Waals surface area contributed by atoms with Gasteiger partial charge in [-0.1, -0.05) is 50.2 Å². The van der Waals surface area contributed by atoms with E-state index in [2.05, 4.69) is 45.9 Å². The van der Waals surface area contributed by atoms with Crippen LogP contribution < -0.4 is 10.0 Å². The van der Waals surface area contributed by atoms with E-state index in [4.69, 9.17) is 0 Å². The minimum absolute atomic E-state index is 0.124. The molecule has 1 heterocycles. The Hall–Kier alpha value is -2.71. The number of nitrogens with one attached hydrogen (secondary N) is 2. The number of benzene rings is 2. The molecule has 0 spiro atoms. The van der Waals surface area contributed by atoms with E-state index in [1.165, 1.54) is 5.56 Å². The van der Waals surface area contributed by atoms with E-state index in [-0.39, 0.29) is 23.8 Å². The molecule has 0 fully saturated rings. The van der Waals surface area contributed by atoms with Gasteiger partial charge >= 0.3 is 0 Å². The molecule has 30 heavy (non-hydrogen) atoms. The Labute approximate surface area is 178 Å². The predicted octanol–water partition coefficient (Wildman–Crippen LogP) is 2.27. The highest BCUT2D eigenvalue weighted by atomic mass is 32.2. The van der Waals surface area contributed by atoms with Crippen LogP contribution in [-0.2, 0) is 27.9 Å². The molecule has 0 saturated carbocycles. The van der Waals surface area contributed by atoms with Crippen LogP contribution >= 0.6 is 0 Å². The summed E-state index contributed by atoms with van der Waals surface area (Å²) in [5.74, 6) is 0.169. The van der Waals surface area contributed by atoms with Crippen LogP contribution in [0, 0.1) is 0 Å². The molecule has 2 N–H and O–H groups in total. The molecule has 3 rings (SSSR count).